The first-order valence-corrected chi connectivity index (χ1v) is 6.73. The van der Waals surface area contributed by atoms with Crippen molar-refractivity contribution in [3.05, 3.63) is 23.5 Å². The second-order valence-electron chi connectivity index (χ2n) is 3.58. The Morgan fingerprint density at radius 3 is 1.78 bits per heavy atom. The molecule has 18 heavy (non-hydrogen) atoms. The molecule has 1 fully saturated rings. The van der Waals surface area contributed by atoms with Gasteiger partial charge in [0.05, 0.1) is 0 Å². The van der Waals surface area contributed by atoms with E-state index in [1.165, 1.54) is 19.3 Å². The van der Waals surface area contributed by atoms with Crippen molar-refractivity contribution in [2.24, 2.45) is 5.92 Å². The van der Waals surface area contributed by atoms with Crippen molar-refractivity contribution in [1.29, 1.82) is 0 Å². The van der Waals surface area contributed by atoms with Crippen LogP contribution < -0.4 is 0 Å². The van der Waals surface area contributed by atoms with E-state index < -0.39 is 0 Å². The van der Waals surface area contributed by atoms with E-state index in [-0.39, 0.29) is 33.6 Å². The molecule has 1 aliphatic carbocycles. The van der Waals surface area contributed by atoms with Crippen LogP contribution in [-0.2, 0) is 31.0 Å². The van der Waals surface area contributed by atoms with E-state index in [2.05, 4.69) is 38.7 Å². The maximum absolute atomic E-state index is 5.01. The summed E-state index contributed by atoms with van der Waals surface area (Å²) in [5, 5.41) is 7.00. The van der Waals surface area contributed by atoms with E-state index in [9.17, 15) is 0 Å². The SMILES string of the molecule is C[N-]C.C[N-]C.C[N-]OC[C@@H]1CCCC1I.[CH3-].[Zr+4]. The molecule has 1 unspecified atom stereocenters. The molecule has 0 N–H and O–H groups in total. The van der Waals surface area contributed by atoms with Gasteiger partial charge in [0.25, 0.3) is 0 Å². The monoisotopic (exact) mass is 447 g/mol. The number of hydroxylamine groups is 1. The predicted octanol–water partition coefficient (Wildman–Crippen LogP) is 4.21. The van der Waals surface area contributed by atoms with Crippen LogP contribution >= 0.6 is 22.6 Å². The van der Waals surface area contributed by atoms with Crippen LogP contribution in [0, 0.1) is 13.3 Å². The summed E-state index contributed by atoms with van der Waals surface area (Å²) in [7, 11) is 8.69. The number of alkyl halides is 1. The summed E-state index contributed by atoms with van der Waals surface area (Å²) in [5.74, 6) is 0.754. The molecule has 0 spiro atoms. The standard InChI is InChI=1S/C7H13INO.2C2H6N.CH3.Zr/c1-9-10-5-6-3-2-4-7(6)8;2*1-3-2;;/h6-7H,2-5H2,1H3;2*1-2H3;1H3;/q4*-1;+4/t6-,7?;;;;/m0..../s1. The molecule has 0 aliphatic heterocycles. The average Bonchev–Trinajstić information content (AvgIpc) is 2.63. The smallest absolute Gasteiger partial charge is 0.668 e. The molecule has 0 aromatic rings. The number of nitrogens with zero attached hydrogens (tertiary/aromatic N) is 3. The molecule has 0 aromatic carbocycles. The normalized spacial score (nSPS) is 20.3. The van der Waals surface area contributed by atoms with E-state index in [4.69, 9.17) is 4.84 Å². The van der Waals surface area contributed by atoms with E-state index >= 15 is 0 Å². The minimum atomic E-state index is 0. The molecular formula is C12H28IN3OZr. The fourth-order valence-corrected chi connectivity index (χ4v) is 2.36. The van der Waals surface area contributed by atoms with Gasteiger partial charge in [0.15, 0.2) is 0 Å². The van der Waals surface area contributed by atoms with Gasteiger partial charge in [-0.1, -0.05) is 29.0 Å². The Hall–Kier alpha value is 1.45. The van der Waals surface area contributed by atoms with Crippen molar-refractivity contribution < 1.29 is 31.0 Å². The van der Waals surface area contributed by atoms with E-state index in [0.29, 0.717) is 0 Å². The molecule has 6 heteroatoms. The second-order valence-corrected chi connectivity index (χ2v) is 5.18. The van der Waals surface area contributed by atoms with Crippen molar-refractivity contribution in [3.63, 3.8) is 0 Å². The third kappa shape index (κ3) is 19.8. The summed E-state index contributed by atoms with van der Waals surface area (Å²) in [5.41, 5.74) is 3.63. The Bertz CT molecular complexity index is 132. The Balaban J connectivity index is -0.000000106. The number of rotatable bonds is 3. The number of hydrogen-bond acceptors (Lipinski definition) is 1. The van der Waals surface area contributed by atoms with Crippen LogP contribution in [-0.4, -0.2) is 45.8 Å². The maximum Gasteiger partial charge on any atom is 4.00 e. The summed E-state index contributed by atoms with van der Waals surface area (Å²) in [4.78, 5) is 5.01. The quantitative estimate of drug-likeness (QED) is 0.276. The van der Waals surface area contributed by atoms with Crippen LogP contribution in [0.2, 0.25) is 0 Å². The minimum Gasteiger partial charge on any atom is -0.668 e. The van der Waals surface area contributed by atoms with Crippen molar-refractivity contribution in [2.45, 2.75) is 23.2 Å². The summed E-state index contributed by atoms with van der Waals surface area (Å²) in [6, 6.07) is 0. The molecule has 108 valence electrons. The van der Waals surface area contributed by atoms with Gasteiger partial charge in [0, 0.05) is 10.5 Å². The molecule has 0 radical (unpaired) electrons. The van der Waals surface area contributed by atoms with Gasteiger partial charge in [-0.15, -0.1) is 7.05 Å². The third-order valence-corrected chi connectivity index (χ3v) is 3.62. The summed E-state index contributed by atoms with van der Waals surface area (Å²) in [6.07, 6.45) is 4.05. The molecule has 0 heterocycles. The summed E-state index contributed by atoms with van der Waals surface area (Å²) >= 11 is 2.51. The van der Waals surface area contributed by atoms with Gasteiger partial charge in [-0.05, 0) is 18.8 Å². The zero-order valence-electron chi connectivity index (χ0n) is 12.6. The van der Waals surface area contributed by atoms with Crippen molar-refractivity contribution in [3.8, 4) is 0 Å². The fraction of sp³-hybridized carbons (Fsp3) is 0.917. The first kappa shape index (κ1) is 27.7. The van der Waals surface area contributed by atoms with Gasteiger partial charge >= 0.3 is 26.2 Å². The van der Waals surface area contributed by atoms with Crippen LogP contribution in [0.3, 0.4) is 0 Å². The van der Waals surface area contributed by atoms with Gasteiger partial charge in [-0.3, -0.25) is 0 Å². The third-order valence-electron chi connectivity index (χ3n) is 1.98. The topological polar surface area (TPSA) is 51.5 Å². The van der Waals surface area contributed by atoms with Gasteiger partial charge in [0.1, 0.15) is 0 Å². The van der Waals surface area contributed by atoms with Crippen LogP contribution in [0.25, 0.3) is 16.1 Å². The summed E-state index contributed by atoms with van der Waals surface area (Å²) in [6.45, 7) is 0.824. The Morgan fingerprint density at radius 2 is 1.50 bits per heavy atom. The average molecular weight is 449 g/mol. The zero-order chi connectivity index (χ0) is 12.8. The van der Waals surface area contributed by atoms with Crippen LogP contribution in [0.4, 0.5) is 0 Å². The molecule has 0 bridgehead atoms. The molecule has 1 aliphatic rings. The van der Waals surface area contributed by atoms with Crippen LogP contribution in [0.15, 0.2) is 0 Å². The number of hydrogen-bond donors (Lipinski definition) is 0. The van der Waals surface area contributed by atoms with Gasteiger partial charge in [-0.2, -0.15) is 28.2 Å². The van der Waals surface area contributed by atoms with Crippen molar-refractivity contribution >= 4 is 22.6 Å². The van der Waals surface area contributed by atoms with Crippen molar-refractivity contribution in [2.75, 3.05) is 41.8 Å². The minimum absolute atomic E-state index is 0. The first-order valence-electron chi connectivity index (χ1n) is 5.48. The van der Waals surface area contributed by atoms with Crippen molar-refractivity contribution in [1.82, 2.24) is 0 Å². The molecule has 2 atom stereocenters. The largest absolute Gasteiger partial charge is 4.00 e. The Labute approximate surface area is 147 Å². The van der Waals surface area contributed by atoms with Crippen LogP contribution in [0.1, 0.15) is 19.3 Å². The molecule has 0 saturated heterocycles. The fourth-order valence-electron chi connectivity index (χ4n) is 1.35. The molecule has 1 rings (SSSR count). The Morgan fingerprint density at radius 1 is 1.06 bits per heavy atom. The molecule has 1 saturated carbocycles. The number of halogens is 1. The van der Waals surface area contributed by atoms with E-state index in [0.717, 1.165) is 16.4 Å². The zero-order valence-corrected chi connectivity index (χ0v) is 17.2. The van der Waals surface area contributed by atoms with Crippen LogP contribution in [0.5, 0.6) is 0 Å². The first-order chi connectivity index (χ1) is 7.67. The Kier molecular flexibility index (Phi) is 36.3. The molecular weight excluding hydrogens is 420 g/mol. The molecule has 0 amide bonds. The van der Waals surface area contributed by atoms with Gasteiger partial charge < -0.3 is 28.4 Å². The molecule has 4 nitrogen and oxygen atoms in total. The summed E-state index contributed by atoms with van der Waals surface area (Å²) < 4.78 is 0.819. The maximum atomic E-state index is 5.01. The van der Waals surface area contributed by atoms with Gasteiger partial charge in [-0.25, -0.2) is 0 Å². The molecule has 0 aromatic heterocycles. The van der Waals surface area contributed by atoms with E-state index in [1.54, 1.807) is 35.2 Å². The predicted molar refractivity (Wildman–Crippen MR) is 87.2 cm³/mol. The second kappa shape index (κ2) is 23.5. The van der Waals surface area contributed by atoms with Gasteiger partial charge in [0.2, 0.25) is 0 Å². The van der Waals surface area contributed by atoms with E-state index in [1.807, 2.05) is 0 Å².